The summed E-state index contributed by atoms with van der Waals surface area (Å²) < 4.78 is 14.0. The average molecular weight is 305 g/mol. The molecule has 4 heteroatoms. The SMILES string of the molecule is Cc1ccc(Nc2ccc(F)cc2C#N)cc1Br. The third-order valence-corrected chi connectivity index (χ3v) is 3.41. The average Bonchev–Trinajstić information content (AvgIpc) is 2.36. The lowest BCUT2D eigenvalue weighted by molar-refractivity contribution is 0.627. The zero-order chi connectivity index (χ0) is 13.1. The second-order valence-corrected chi connectivity index (χ2v) is 4.75. The van der Waals surface area contributed by atoms with Crippen LogP contribution in [-0.2, 0) is 0 Å². The van der Waals surface area contributed by atoms with E-state index in [0.29, 0.717) is 5.69 Å². The van der Waals surface area contributed by atoms with E-state index in [9.17, 15) is 4.39 Å². The minimum atomic E-state index is -0.415. The Balaban J connectivity index is 2.34. The van der Waals surface area contributed by atoms with Crippen molar-refractivity contribution in [1.82, 2.24) is 0 Å². The van der Waals surface area contributed by atoms with Crippen LogP contribution in [0.25, 0.3) is 0 Å². The lowest BCUT2D eigenvalue weighted by atomic mass is 10.1. The van der Waals surface area contributed by atoms with Gasteiger partial charge in [0.05, 0.1) is 11.3 Å². The molecule has 0 aliphatic carbocycles. The number of hydrogen-bond donors (Lipinski definition) is 1. The van der Waals surface area contributed by atoms with E-state index < -0.39 is 5.82 Å². The van der Waals surface area contributed by atoms with E-state index in [1.54, 1.807) is 6.07 Å². The molecule has 0 radical (unpaired) electrons. The van der Waals surface area contributed by atoms with Crippen molar-refractivity contribution in [3.8, 4) is 6.07 Å². The highest BCUT2D eigenvalue weighted by Gasteiger charge is 2.05. The van der Waals surface area contributed by atoms with E-state index in [1.807, 2.05) is 31.2 Å². The van der Waals surface area contributed by atoms with Crippen LogP contribution < -0.4 is 5.32 Å². The standard InChI is InChI=1S/C14H10BrFN2/c1-9-2-4-12(7-13(9)15)18-14-5-3-11(16)6-10(14)8-17/h2-7,18H,1H3. The summed E-state index contributed by atoms with van der Waals surface area (Å²) in [6.45, 7) is 1.99. The summed E-state index contributed by atoms with van der Waals surface area (Å²) in [7, 11) is 0. The molecule has 0 unspecified atom stereocenters. The summed E-state index contributed by atoms with van der Waals surface area (Å²) in [5, 5.41) is 12.1. The van der Waals surface area contributed by atoms with Gasteiger partial charge in [-0.1, -0.05) is 22.0 Å². The zero-order valence-corrected chi connectivity index (χ0v) is 11.3. The molecule has 0 aliphatic heterocycles. The van der Waals surface area contributed by atoms with E-state index >= 15 is 0 Å². The first-order valence-corrected chi connectivity index (χ1v) is 6.12. The van der Waals surface area contributed by atoms with Crippen molar-refractivity contribution in [2.24, 2.45) is 0 Å². The second-order valence-electron chi connectivity index (χ2n) is 3.89. The molecule has 0 aromatic heterocycles. The van der Waals surface area contributed by atoms with Gasteiger partial charge >= 0.3 is 0 Å². The number of nitrogens with one attached hydrogen (secondary N) is 1. The quantitative estimate of drug-likeness (QED) is 0.886. The third-order valence-electron chi connectivity index (χ3n) is 2.55. The second kappa shape index (κ2) is 5.19. The maximum atomic E-state index is 13.0. The van der Waals surface area contributed by atoms with Crippen molar-refractivity contribution in [3.63, 3.8) is 0 Å². The molecular formula is C14H10BrFN2. The van der Waals surface area contributed by atoms with Gasteiger partial charge in [-0.25, -0.2) is 4.39 Å². The monoisotopic (exact) mass is 304 g/mol. The Hall–Kier alpha value is -1.86. The fraction of sp³-hybridized carbons (Fsp3) is 0.0714. The first kappa shape index (κ1) is 12.6. The lowest BCUT2D eigenvalue weighted by Gasteiger charge is -2.09. The Morgan fingerprint density at radius 2 is 2.00 bits per heavy atom. The van der Waals surface area contributed by atoms with Crippen molar-refractivity contribution in [2.45, 2.75) is 6.92 Å². The normalized spacial score (nSPS) is 9.89. The van der Waals surface area contributed by atoms with Crippen LogP contribution in [0.3, 0.4) is 0 Å². The molecule has 0 heterocycles. The Bertz CT molecular complexity index is 632. The van der Waals surface area contributed by atoms with Crippen molar-refractivity contribution < 1.29 is 4.39 Å². The number of halogens is 2. The molecule has 0 aliphatic rings. The number of aryl methyl sites for hydroxylation is 1. The molecule has 0 atom stereocenters. The number of anilines is 2. The summed E-state index contributed by atoms with van der Waals surface area (Å²) in [6.07, 6.45) is 0. The van der Waals surface area contributed by atoms with Crippen LogP contribution in [0, 0.1) is 24.1 Å². The van der Waals surface area contributed by atoms with E-state index in [1.165, 1.54) is 12.1 Å². The molecule has 0 amide bonds. The highest BCUT2D eigenvalue weighted by molar-refractivity contribution is 9.10. The fourth-order valence-electron chi connectivity index (χ4n) is 1.54. The Morgan fingerprint density at radius 3 is 2.67 bits per heavy atom. The van der Waals surface area contributed by atoms with E-state index in [4.69, 9.17) is 5.26 Å². The molecule has 0 saturated carbocycles. The molecule has 0 fully saturated rings. The summed E-state index contributed by atoms with van der Waals surface area (Å²) in [5.41, 5.74) is 2.84. The van der Waals surface area contributed by atoms with Crippen molar-refractivity contribution in [1.29, 1.82) is 5.26 Å². The third kappa shape index (κ3) is 2.69. The predicted octanol–water partition coefficient (Wildman–Crippen LogP) is 4.51. The minimum Gasteiger partial charge on any atom is -0.354 e. The van der Waals surface area contributed by atoms with Crippen LogP contribution in [0.2, 0.25) is 0 Å². The van der Waals surface area contributed by atoms with Gasteiger partial charge in [0.2, 0.25) is 0 Å². The van der Waals surface area contributed by atoms with Gasteiger partial charge in [-0.05, 0) is 42.8 Å². The predicted molar refractivity (Wildman–Crippen MR) is 73.3 cm³/mol. The van der Waals surface area contributed by atoms with Gasteiger partial charge in [0.25, 0.3) is 0 Å². The van der Waals surface area contributed by atoms with Crippen LogP contribution in [0.5, 0.6) is 0 Å². The number of nitrogens with zero attached hydrogens (tertiary/aromatic N) is 1. The largest absolute Gasteiger partial charge is 0.354 e. The zero-order valence-electron chi connectivity index (χ0n) is 9.67. The first-order chi connectivity index (χ1) is 8.60. The number of nitriles is 1. The highest BCUT2D eigenvalue weighted by Crippen LogP contribution is 2.25. The van der Waals surface area contributed by atoms with Gasteiger partial charge in [-0.3, -0.25) is 0 Å². The summed E-state index contributed by atoms with van der Waals surface area (Å²) >= 11 is 3.44. The molecule has 0 spiro atoms. The van der Waals surface area contributed by atoms with Gasteiger partial charge in [-0.2, -0.15) is 5.26 Å². The molecule has 2 aromatic rings. The summed E-state index contributed by atoms with van der Waals surface area (Å²) in [5.74, 6) is -0.415. The minimum absolute atomic E-state index is 0.284. The smallest absolute Gasteiger partial charge is 0.124 e. The molecule has 0 bridgehead atoms. The molecular weight excluding hydrogens is 295 g/mol. The van der Waals surface area contributed by atoms with Gasteiger partial charge < -0.3 is 5.32 Å². The van der Waals surface area contributed by atoms with Gasteiger partial charge in [-0.15, -0.1) is 0 Å². The molecule has 2 aromatic carbocycles. The number of benzene rings is 2. The number of rotatable bonds is 2. The van der Waals surface area contributed by atoms with Crippen molar-refractivity contribution >= 4 is 27.3 Å². The van der Waals surface area contributed by atoms with Crippen LogP contribution >= 0.6 is 15.9 Å². The molecule has 0 saturated heterocycles. The topological polar surface area (TPSA) is 35.8 Å². The van der Waals surface area contributed by atoms with E-state index in [2.05, 4.69) is 21.2 Å². The van der Waals surface area contributed by atoms with Crippen molar-refractivity contribution in [3.05, 3.63) is 57.8 Å². The van der Waals surface area contributed by atoms with E-state index in [-0.39, 0.29) is 5.56 Å². The molecule has 90 valence electrons. The Kier molecular flexibility index (Phi) is 3.63. The van der Waals surface area contributed by atoms with Gasteiger partial charge in [0.1, 0.15) is 11.9 Å². The molecule has 1 N–H and O–H groups in total. The van der Waals surface area contributed by atoms with Crippen LogP contribution in [-0.4, -0.2) is 0 Å². The molecule has 18 heavy (non-hydrogen) atoms. The maximum Gasteiger partial charge on any atom is 0.124 e. The van der Waals surface area contributed by atoms with Gasteiger partial charge in [0, 0.05) is 10.2 Å². The maximum absolute atomic E-state index is 13.0. The Morgan fingerprint density at radius 1 is 1.22 bits per heavy atom. The fourth-order valence-corrected chi connectivity index (χ4v) is 1.92. The first-order valence-electron chi connectivity index (χ1n) is 5.33. The van der Waals surface area contributed by atoms with Gasteiger partial charge in [0.15, 0.2) is 0 Å². The highest BCUT2D eigenvalue weighted by atomic mass is 79.9. The van der Waals surface area contributed by atoms with Crippen LogP contribution in [0.4, 0.5) is 15.8 Å². The Labute approximate surface area is 113 Å². The van der Waals surface area contributed by atoms with Crippen LogP contribution in [0.1, 0.15) is 11.1 Å². The van der Waals surface area contributed by atoms with E-state index in [0.717, 1.165) is 15.7 Å². The number of hydrogen-bond acceptors (Lipinski definition) is 2. The summed E-state index contributed by atoms with van der Waals surface area (Å²) in [4.78, 5) is 0. The van der Waals surface area contributed by atoms with Crippen molar-refractivity contribution in [2.75, 3.05) is 5.32 Å². The summed E-state index contributed by atoms with van der Waals surface area (Å²) in [6, 6.07) is 11.8. The molecule has 2 nitrogen and oxygen atoms in total. The molecule has 2 rings (SSSR count). The lowest BCUT2D eigenvalue weighted by Crippen LogP contribution is -1.94. The van der Waals surface area contributed by atoms with Crippen LogP contribution in [0.15, 0.2) is 40.9 Å².